The van der Waals surface area contributed by atoms with Crippen molar-refractivity contribution < 1.29 is 16.7 Å². The van der Waals surface area contributed by atoms with Crippen molar-refractivity contribution in [1.82, 2.24) is 9.97 Å². The molecule has 0 aliphatic rings. The minimum atomic E-state index is -4.63. The number of aromatic nitrogens is 2. The molecule has 0 unspecified atom stereocenters. The molecule has 0 fully saturated rings. The van der Waals surface area contributed by atoms with E-state index in [-0.39, 0.29) is 5.82 Å². The highest BCUT2D eigenvalue weighted by Crippen LogP contribution is 2.21. The van der Waals surface area contributed by atoms with Crippen LogP contribution in [0.15, 0.2) is 12.4 Å². The number of rotatable bonds is 3. The van der Waals surface area contributed by atoms with Gasteiger partial charge in [0.1, 0.15) is 5.82 Å². The van der Waals surface area contributed by atoms with Gasteiger partial charge in [0.05, 0.1) is 17.6 Å². The van der Waals surface area contributed by atoms with Crippen LogP contribution in [-0.4, -0.2) is 23.6 Å². The molecule has 0 spiro atoms. The quantitative estimate of drug-likeness (QED) is 0.744. The van der Waals surface area contributed by atoms with Gasteiger partial charge in [0.2, 0.25) is 0 Å². The lowest BCUT2D eigenvalue weighted by Crippen LogP contribution is -2.21. The van der Waals surface area contributed by atoms with Gasteiger partial charge in [-0.15, -0.1) is 3.89 Å². The summed E-state index contributed by atoms with van der Waals surface area (Å²) >= 11 is 0. The Labute approximate surface area is 86.6 Å². The zero-order chi connectivity index (χ0) is 11.6. The predicted molar refractivity (Wildman–Crippen MR) is 49.9 cm³/mol. The van der Waals surface area contributed by atoms with Crippen LogP contribution in [0.1, 0.15) is 25.6 Å². The Morgan fingerprint density at radius 2 is 1.73 bits per heavy atom. The van der Waals surface area contributed by atoms with Gasteiger partial charge in [-0.25, -0.2) is 14.4 Å². The first-order chi connectivity index (χ1) is 6.82. The van der Waals surface area contributed by atoms with Crippen LogP contribution < -0.4 is 0 Å². The van der Waals surface area contributed by atoms with Crippen molar-refractivity contribution >= 4 is 10.2 Å². The third-order valence-electron chi connectivity index (χ3n) is 2.20. The largest absolute Gasteiger partial charge is 0.305 e. The summed E-state index contributed by atoms with van der Waals surface area (Å²) < 4.78 is 46.3. The molecule has 15 heavy (non-hydrogen) atoms. The number of halogens is 2. The molecule has 2 atom stereocenters. The lowest BCUT2D eigenvalue weighted by molar-refractivity contribution is 0.518. The lowest BCUT2D eigenvalue weighted by Gasteiger charge is -2.13. The van der Waals surface area contributed by atoms with Crippen LogP contribution in [0, 0.1) is 5.82 Å². The molecule has 1 heterocycles. The summed E-state index contributed by atoms with van der Waals surface area (Å²) in [5.41, 5.74) is 0. The van der Waals surface area contributed by atoms with E-state index in [0.717, 1.165) is 12.4 Å². The smallest absolute Gasteiger partial charge is 0.238 e. The van der Waals surface area contributed by atoms with Crippen molar-refractivity contribution in [2.75, 3.05) is 0 Å². The molecule has 0 bridgehead atoms. The van der Waals surface area contributed by atoms with Gasteiger partial charge in [0.15, 0.2) is 5.82 Å². The average molecular weight is 236 g/mol. The molecule has 84 valence electrons. The maximum atomic E-state index is 12.6. The lowest BCUT2D eigenvalue weighted by atomic mass is 10.1. The Bertz CT molecular complexity index is 432. The molecule has 0 amide bonds. The SMILES string of the molecule is C[C@H](c1ncc(F)cn1)[C@H](C)S(=O)(=O)F. The number of hydrogen-bond acceptors (Lipinski definition) is 4. The van der Waals surface area contributed by atoms with Gasteiger partial charge in [-0.1, -0.05) is 6.92 Å². The zero-order valence-corrected chi connectivity index (χ0v) is 9.00. The fourth-order valence-corrected chi connectivity index (χ4v) is 1.62. The Morgan fingerprint density at radius 3 is 2.13 bits per heavy atom. The van der Waals surface area contributed by atoms with Gasteiger partial charge < -0.3 is 0 Å². The molecule has 4 nitrogen and oxygen atoms in total. The normalized spacial score (nSPS) is 16.0. The van der Waals surface area contributed by atoms with Gasteiger partial charge >= 0.3 is 10.2 Å². The highest BCUT2D eigenvalue weighted by molar-refractivity contribution is 7.87. The molecular formula is C8H10F2N2O2S. The van der Waals surface area contributed by atoms with Gasteiger partial charge in [-0.05, 0) is 6.92 Å². The van der Waals surface area contributed by atoms with Crippen LogP contribution in [-0.2, 0) is 10.2 Å². The average Bonchev–Trinajstić information content (AvgIpc) is 2.15. The van der Waals surface area contributed by atoms with E-state index in [1.54, 1.807) is 0 Å². The van der Waals surface area contributed by atoms with Gasteiger partial charge in [0.25, 0.3) is 0 Å². The monoisotopic (exact) mass is 236 g/mol. The minimum Gasteiger partial charge on any atom is -0.238 e. The predicted octanol–water partition coefficient (Wildman–Crippen LogP) is 1.41. The summed E-state index contributed by atoms with van der Waals surface area (Å²) in [5, 5.41) is -1.25. The van der Waals surface area contributed by atoms with Crippen LogP contribution in [0.2, 0.25) is 0 Å². The topological polar surface area (TPSA) is 59.9 Å². The van der Waals surface area contributed by atoms with E-state index < -0.39 is 27.2 Å². The van der Waals surface area contributed by atoms with E-state index in [4.69, 9.17) is 0 Å². The van der Waals surface area contributed by atoms with Crippen molar-refractivity contribution in [1.29, 1.82) is 0 Å². The number of nitrogens with zero attached hydrogens (tertiary/aromatic N) is 2. The third-order valence-corrected chi connectivity index (χ3v) is 3.49. The van der Waals surface area contributed by atoms with Crippen LogP contribution in [0.5, 0.6) is 0 Å². The Morgan fingerprint density at radius 1 is 1.27 bits per heavy atom. The highest BCUT2D eigenvalue weighted by Gasteiger charge is 2.28. The summed E-state index contributed by atoms with van der Waals surface area (Å²) in [4.78, 5) is 7.19. The maximum Gasteiger partial charge on any atom is 0.305 e. The summed E-state index contributed by atoms with van der Waals surface area (Å²) in [5.74, 6) is -1.24. The van der Waals surface area contributed by atoms with Crippen LogP contribution in [0.25, 0.3) is 0 Å². The van der Waals surface area contributed by atoms with E-state index in [1.165, 1.54) is 13.8 Å². The third kappa shape index (κ3) is 2.92. The second-order valence-corrected chi connectivity index (χ2v) is 4.92. The fraction of sp³-hybridized carbons (Fsp3) is 0.500. The number of hydrogen-bond donors (Lipinski definition) is 0. The van der Waals surface area contributed by atoms with E-state index in [9.17, 15) is 16.7 Å². The van der Waals surface area contributed by atoms with Gasteiger partial charge in [-0.3, -0.25) is 0 Å². The zero-order valence-electron chi connectivity index (χ0n) is 8.18. The summed E-state index contributed by atoms with van der Waals surface area (Å²) in [6.07, 6.45) is 1.83. The van der Waals surface area contributed by atoms with Crippen LogP contribution in [0.4, 0.5) is 8.28 Å². The molecule has 7 heteroatoms. The summed E-state index contributed by atoms with van der Waals surface area (Å²) in [6, 6.07) is 0. The van der Waals surface area contributed by atoms with E-state index in [0.29, 0.717) is 0 Å². The molecular weight excluding hydrogens is 226 g/mol. The van der Waals surface area contributed by atoms with E-state index in [2.05, 4.69) is 9.97 Å². The molecule has 0 aliphatic heterocycles. The van der Waals surface area contributed by atoms with E-state index in [1.807, 2.05) is 0 Å². The van der Waals surface area contributed by atoms with Gasteiger partial charge in [0, 0.05) is 5.92 Å². The van der Waals surface area contributed by atoms with Crippen LogP contribution in [0.3, 0.4) is 0 Å². The first-order valence-corrected chi connectivity index (χ1v) is 5.68. The molecule has 0 aliphatic carbocycles. The summed E-state index contributed by atoms with van der Waals surface area (Å²) in [6.45, 7) is 2.68. The molecule has 1 aromatic rings. The summed E-state index contributed by atoms with van der Waals surface area (Å²) in [7, 11) is -4.63. The molecule has 0 N–H and O–H groups in total. The van der Waals surface area contributed by atoms with Crippen molar-refractivity contribution in [2.45, 2.75) is 25.0 Å². The fourth-order valence-electron chi connectivity index (χ4n) is 1.01. The van der Waals surface area contributed by atoms with Crippen LogP contribution >= 0.6 is 0 Å². The molecule has 0 radical (unpaired) electrons. The molecule has 0 saturated carbocycles. The Balaban J connectivity index is 2.95. The van der Waals surface area contributed by atoms with Crippen molar-refractivity contribution in [3.63, 3.8) is 0 Å². The molecule has 0 saturated heterocycles. The molecule has 1 aromatic heterocycles. The Kier molecular flexibility index (Phi) is 3.33. The van der Waals surface area contributed by atoms with Gasteiger partial charge in [-0.2, -0.15) is 8.42 Å². The standard InChI is InChI=1S/C8H10F2N2O2S/c1-5(6(2)15(10,13)14)8-11-3-7(9)4-12-8/h3-6H,1-2H3/t5-,6-/m0/s1. The molecule has 1 rings (SSSR count). The first-order valence-electron chi connectivity index (χ1n) is 4.23. The van der Waals surface area contributed by atoms with Crippen molar-refractivity contribution in [3.8, 4) is 0 Å². The second-order valence-electron chi connectivity index (χ2n) is 3.23. The highest BCUT2D eigenvalue weighted by atomic mass is 32.3. The Hall–Kier alpha value is -1.11. The van der Waals surface area contributed by atoms with Crippen molar-refractivity contribution in [3.05, 3.63) is 24.0 Å². The first kappa shape index (κ1) is 12.0. The minimum absolute atomic E-state index is 0.102. The second kappa shape index (κ2) is 4.18. The molecule has 0 aromatic carbocycles. The van der Waals surface area contributed by atoms with Crippen molar-refractivity contribution in [2.24, 2.45) is 0 Å². The maximum absolute atomic E-state index is 12.6. The van der Waals surface area contributed by atoms with E-state index >= 15 is 0 Å².